The number of likely N-dealkylation sites (tertiary alicyclic amines) is 1. The number of benzene rings is 3. The van der Waals surface area contributed by atoms with E-state index in [0.29, 0.717) is 78.6 Å². The zero-order valence-corrected chi connectivity index (χ0v) is 41.9. The number of pyridine rings is 1. The third kappa shape index (κ3) is 8.79. The van der Waals surface area contributed by atoms with E-state index in [1.807, 2.05) is 35.4 Å². The third-order valence-electron chi connectivity index (χ3n) is 16.8. The van der Waals surface area contributed by atoms with Crippen LogP contribution in [0.3, 0.4) is 0 Å². The van der Waals surface area contributed by atoms with Gasteiger partial charge >= 0.3 is 0 Å². The number of nitro benzene ring substituents is 1. The van der Waals surface area contributed by atoms with E-state index in [0.717, 1.165) is 82.5 Å². The Morgan fingerprint density at radius 1 is 0.917 bits per heavy atom. The molecule has 7 aliphatic rings. The summed E-state index contributed by atoms with van der Waals surface area (Å²) in [6.07, 6.45) is 9.42. The number of piperidine rings is 1. The summed E-state index contributed by atoms with van der Waals surface area (Å²) in [5, 5.41) is 16.8. The Bertz CT molecular complexity index is 3000. The molecule has 8 heterocycles. The molecule has 1 spiro atoms. The van der Waals surface area contributed by atoms with Crippen LogP contribution in [0.15, 0.2) is 77.8 Å². The van der Waals surface area contributed by atoms with Gasteiger partial charge in [-0.3, -0.25) is 29.6 Å². The number of ether oxygens (including phenoxy) is 3. The fourth-order valence-electron chi connectivity index (χ4n) is 12.9. The number of carbonyl (C=O) groups is 1. The van der Waals surface area contributed by atoms with Crippen molar-refractivity contribution in [3.05, 3.63) is 99.7 Å². The molecule has 2 aromatic heterocycles. The number of anilines is 4. The van der Waals surface area contributed by atoms with Crippen LogP contribution in [0.4, 0.5) is 28.4 Å². The summed E-state index contributed by atoms with van der Waals surface area (Å²) in [4.78, 5) is 46.1. The van der Waals surface area contributed by atoms with E-state index in [9.17, 15) is 23.3 Å². The van der Waals surface area contributed by atoms with Crippen molar-refractivity contribution >= 4 is 55.4 Å². The normalized spacial score (nSPS) is 24.1. The van der Waals surface area contributed by atoms with Gasteiger partial charge in [0, 0.05) is 93.3 Å². The van der Waals surface area contributed by atoms with Crippen molar-refractivity contribution < 1.29 is 32.3 Å². The Morgan fingerprint density at radius 2 is 1.75 bits per heavy atom. The van der Waals surface area contributed by atoms with Gasteiger partial charge in [0.25, 0.3) is 21.6 Å². The van der Waals surface area contributed by atoms with Crippen LogP contribution in [0.5, 0.6) is 11.6 Å². The number of aromatic nitrogens is 2. The van der Waals surface area contributed by atoms with Crippen LogP contribution in [0.1, 0.15) is 79.4 Å². The van der Waals surface area contributed by atoms with E-state index >= 15 is 0 Å². The average Bonchev–Trinajstić information content (AvgIpc) is 3.97. The highest BCUT2D eigenvalue weighted by atomic mass is 32.2. The Hall–Kier alpha value is -5.99. The Morgan fingerprint density at radius 3 is 2.53 bits per heavy atom. The molecule has 0 radical (unpaired) electrons. The summed E-state index contributed by atoms with van der Waals surface area (Å²) in [5.74, 6) is -0.432. The zero-order chi connectivity index (χ0) is 49.3. The highest BCUT2D eigenvalue weighted by molar-refractivity contribution is 7.90. The molecule has 5 aromatic rings. The van der Waals surface area contributed by atoms with Gasteiger partial charge in [-0.25, -0.2) is 13.1 Å². The van der Waals surface area contributed by atoms with Gasteiger partial charge in [-0.15, -0.1) is 0 Å². The molecule has 3 atom stereocenters. The maximum atomic E-state index is 14.6. The van der Waals surface area contributed by atoms with Crippen molar-refractivity contribution in [2.24, 2.45) is 5.41 Å². The molecule has 1 aliphatic carbocycles. The number of hydrogen-bond donors (Lipinski definition) is 3. The summed E-state index contributed by atoms with van der Waals surface area (Å²) in [5.41, 5.74) is 5.70. The van der Waals surface area contributed by atoms with Crippen LogP contribution in [0.2, 0.25) is 0 Å². The molecule has 1 saturated carbocycles. The van der Waals surface area contributed by atoms with Crippen LogP contribution < -0.4 is 29.3 Å². The highest BCUT2D eigenvalue weighted by Gasteiger charge is 2.50. The summed E-state index contributed by atoms with van der Waals surface area (Å²) >= 11 is 0. The highest BCUT2D eigenvalue weighted by Crippen LogP contribution is 2.54. The first-order valence-electron chi connectivity index (χ1n) is 25.8. The van der Waals surface area contributed by atoms with Gasteiger partial charge in [0.05, 0.1) is 53.0 Å². The van der Waals surface area contributed by atoms with Gasteiger partial charge in [-0.1, -0.05) is 24.3 Å². The minimum absolute atomic E-state index is 0.0365. The molecule has 5 fully saturated rings. The number of nitrogens with one attached hydrogen (secondary N) is 3. The summed E-state index contributed by atoms with van der Waals surface area (Å²) in [6.45, 7) is 13.1. The second-order valence-corrected chi connectivity index (χ2v) is 23.0. The van der Waals surface area contributed by atoms with Crippen LogP contribution >= 0.6 is 0 Å². The van der Waals surface area contributed by atoms with Crippen molar-refractivity contribution in [2.45, 2.75) is 93.9 Å². The number of aryl methyl sites for hydroxylation is 1. The largest absolute Gasteiger partial charge is 0.489 e. The Kier molecular flexibility index (Phi) is 12.3. The summed E-state index contributed by atoms with van der Waals surface area (Å²) in [6, 6.07) is 22.2. The number of H-pyrrole nitrogens is 1. The third-order valence-corrected chi connectivity index (χ3v) is 18.1. The molecule has 3 N–H and O–H groups in total. The SMILES string of the molecule is Cc1ccccc1[C@@H]1CCCN1C1CC2(CCN(c3ccc(C(=O)NS(=O)(=O)c4cc5c(c([N+](=O)[O-])c4)N[C@@H](CN4CCN(C6COC6)[C@H](C)C4)CO5)c(N4CCCOc5nc6[nH]ccc6cc54)c3)CC2)C1. The minimum Gasteiger partial charge on any atom is -0.489 e. The average molecular weight is 1000 g/mol. The maximum absolute atomic E-state index is 14.6. The molecular formula is C53H64N10O8S. The first kappa shape index (κ1) is 47.0. The van der Waals surface area contributed by atoms with E-state index in [2.05, 4.69) is 72.7 Å². The molecule has 19 heteroatoms. The number of nitrogens with zero attached hydrogens (tertiary/aromatic N) is 7. The molecular weight excluding hydrogens is 937 g/mol. The van der Waals surface area contributed by atoms with Gasteiger partial charge in [-0.05, 0) is 112 Å². The lowest BCUT2D eigenvalue weighted by molar-refractivity contribution is -0.384. The Balaban J connectivity index is 0.782. The lowest BCUT2D eigenvalue weighted by Gasteiger charge is -2.56. The van der Waals surface area contributed by atoms with Gasteiger partial charge in [-0.2, -0.15) is 4.98 Å². The van der Waals surface area contributed by atoms with Crippen molar-refractivity contribution in [3.8, 4) is 11.6 Å². The first-order chi connectivity index (χ1) is 34.9. The fourth-order valence-corrected chi connectivity index (χ4v) is 13.9. The molecule has 0 bridgehead atoms. The van der Waals surface area contributed by atoms with Gasteiger partial charge < -0.3 is 34.3 Å². The second kappa shape index (κ2) is 18.8. The van der Waals surface area contributed by atoms with Crippen LogP contribution in [-0.2, 0) is 14.8 Å². The van der Waals surface area contributed by atoms with Gasteiger partial charge in [0.1, 0.15) is 17.9 Å². The maximum Gasteiger partial charge on any atom is 0.297 e. The smallest absolute Gasteiger partial charge is 0.297 e. The lowest BCUT2D eigenvalue weighted by atomic mass is 9.59. The number of piperazine rings is 1. The predicted octanol–water partition coefficient (Wildman–Crippen LogP) is 6.98. The van der Waals surface area contributed by atoms with E-state index in [1.165, 1.54) is 42.9 Å². The first-order valence-corrected chi connectivity index (χ1v) is 27.3. The molecule has 72 heavy (non-hydrogen) atoms. The number of fused-ring (bicyclic) bond motifs is 3. The number of nitro groups is 1. The molecule has 1 amide bonds. The summed E-state index contributed by atoms with van der Waals surface area (Å²) < 4.78 is 48.6. The lowest BCUT2D eigenvalue weighted by Crippen LogP contribution is -2.61. The molecule has 12 rings (SSSR count). The van der Waals surface area contributed by atoms with Crippen LogP contribution in [0.25, 0.3) is 11.0 Å². The topological polar surface area (TPSA) is 191 Å². The molecule has 0 unspecified atom stereocenters. The number of amides is 1. The van der Waals surface area contributed by atoms with Crippen molar-refractivity contribution in [3.63, 3.8) is 0 Å². The number of carbonyl (C=O) groups excluding carboxylic acids is 1. The number of hydrogen-bond acceptors (Lipinski definition) is 15. The monoisotopic (exact) mass is 1000 g/mol. The Labute approximate surface area is 420 Å². The molecule has 18 nitrogen and oxygen atoms in total. The number of sulfonamides is 1. The molecule has 6 aliphatic heterocycles. The second-order valence-electron chi connectivity index (χ2n) is 21.3. The molecule has 3 aromatic carbocycles. The summed E-state index contributed by atoms with van der Waals surface area (Å²) in [7, 11) is -4.67. The van der Waals surface area contributed by atoms with Gasteiger partial charge in [0.2, 0.25) is 5.88 Å². The van der Waals surface area contributed by atoms with E-state index in [1.54, 1.807) is 6.07 Å². The minimum atomic E-state index is -4.67. The van der Waals surface area contributed by atoms with Crippen molar-refractivity contribution in [2.75, 3.05) is 93.9 Å². The van der Waals surface area contributed by atoms with Crippen LogP contribution in [0, 0.1) is 22.5 Å². The fraction of sp³-hybridized carbons (Fsp3) is 0.509. The van der Waals surface area contributed by atoms with E-state index < -0.39 is 31.4 Å². The molecule has 380 valence electrons. The predicted molar refractivity (Wildman–Crippen MR) is 274 cm³/mol. The van der Waals surface area contributed by atoms with E-state index in [-0.39, 0.29) is 29.6 Å². The van der Waals surface area contributed by atoms with Crippen molar-refractivity contribution in [1.29, 1.82) is 0 Å². The zero-order valence-electron chi connectivity index (χ0n) is 41.1. The standard InChI is InChI=1S/C53H64N10O8S/c1-34-7-3-4-8-42(34)44-9-5-16-61(44)39-27-53(28-39)13-18-59(19-14-53)38-10-11-43(45(24-38)62-17-6-22-70-52-47(62)23-36-12-15-54-50(36)56-52)51(64)57-72(67,68)41-25-46(63(65)66)49-48(26-41)71-31-37(55-49)30-58-20-21-60(35(2)29-58)40-32-69-33-40/h3-4,7-8,10-12,15,23-26,35,37,39-40,44,55H,5-6,9,13-14,16-22,27-33H2,1-2H3,(H,54,56)(H,57,64)/t35-,37+,44+/m1/s1. The van der Waals surface area contributed by atoms with Gasteiger partial charge in [0.15, 0.2) is 11.4 Å². The molecule has 4 saturated heterocycles. The van der Waals surface area contributed by atoms with Crippen molar-refractivity contribution in [1.82, 2.24) is 29.4 Å². The van der Waals surface area contributed by atoms with E-state index in [4.69, 9.17) is 19.2 Å². The van der Waals surface area contributed by atoms with Crippen LogP contribution in [-0.4, -0.2) is 147 Å². The number of aromatic amines is 1. The number of rotatable bonds is 11. The quantitative estimate of drug-likeness (QED) is 0.0907.